The van der Waals surface area contributed by atoms with Gasteiger partial charge in [0.2, 0.25) is 0 Å². The average molecular weight is 314 g/mol. The second kappa shape index (κ2) is 5.76. The Labute approximate surface area is 113 Å². The predicted octanol–water partition coefficient (Wildman–Crippen LogP) is 4.25. The van der Waals surface area contributed by atoms with Gasteiger partial charge in [0, 0.05) is 18.0 Å². The number of benzene rings is 1. The van der Waals surface area contributed by atoms with Gasteiger partial charge in [-0.05, 0) is 51.5 Å². The van der Waals surface area contributed by atoms with Gasteiger partial charge in [0.1, 0.15) is 5.82 Å². The van der Waals surface area contributed by atoms with E-state index in [4.69, 9.17) is 0 Å². The second-order valence-corrected chi connectivity index (χ2v) is 5.64. The second-order valence-electron chi connectivity index (χ2n) is 3.84. The maximum atomic E-state index is 13.3. The van der Waals surface area contributed by atoms with Crippen LogP contribution < -0.4 is 5.32 Å². The lowest BCUT2D eigenvalue weighted by atomic mass is 10.2. The fourth-order valence-corrected chi connectivity index (χ4v) is 2.86. The molecule has 2 rings (SSSR count). The van der Waals surface area contributed by atoms with Gasteiger partial charge in [-0.25, -0.2) is 4.39 Å². The quantitative estimate of drug-likeness (QED) is 0.890. The van der Waals surface area contributed by atoms with Crippen LogP contribution in [-0.2, 0) is 13.1 Å². The highest BCUT2D eigenvalue weighted by atomic mass is 79.9. The van der Waals surface area contributed by atoms with Crippen LogP contribution in [0, 0.1) is 12.7 Å². The molecule has 1 nitrogen and oxygen atoms in total. The lowest BCUT2D eigenvalue weighted by Gasteiger charge is -2.07. The van der Waals surface area contributed by atoms with Gasteiger partial charge in [0.25, 0.3) is 0 Å². The first kappa shape index (κ1) is 12.7. The molecule has 0 unspecified atom stereocenters. The first-order valence-electron chi connectivity index (χ1n) is 5.35. The van der Waals surface area contributed by atoms with Crippen molar-refractivity contribution in [3.8, 4) is 0 Å². The molecule has 0 amide bonds. The van der Waals surface area contributed by atoms with Gasteiger partial charge < -0.3 is 5.32 Å². The molecule has 1 aromatic heterocycles. The zero-order valence-corrected chi connectivity index (χ0v) is 11.9. The normalized spacial score (nSPS) is 10.8. The molecule has 0 aliphatic carbocycles. The van der Waals surface area contributed by atoms with Crippen LogP contribution in [0.25, 0.3) is 0 Å². The maximum absolute atomic E-state index is 13.3. The highest BCUT2D eigenvalue weighted by Crippen LogP contribution is 2.20. The van der Waals surface area contributed by atoms with Crippen LogP contribution >= 0.6 is 27.3 Å². The molecule has 0 aliphatic rings. The lowest BCUT2D eigenvalue weighted by molar-refractivity contribution is 0.612. The van der Waals surface area contributed by atoms with Gasteiger partial charge in [-0.1, -0.05) is 12.1 Å². The van der Waals surface area contributed by atoms with E-state index < -0.39 is 0 Å². The fourth-order valence-electron chi connectivity index (χ4n) is 1.58. The van der Waals surface area contributed by atoms with E-state index in [1.165, 1.54) is 16.5 Å². The van der Waals surface area contributed by atoms with Crippen LogP contribution in [-0.4, -0.2) is 0 Å². The van der Waals surface area contributed by atoms with Crippen molar-refractivity contribution < 1.29 is 4.39 Å². The van der Waals surface area contributed by atoms with Crippen LogP contribution in [0.5, 0.6) is 0 Å². The molecule has 90 valence electrons. The highest BCUT2D eigenvalue weighted by Gasteiger charge is 2.05. The summed E-state index contributed by atoms with van der Waals surface area (Å²) >= 11 is 5.00. The van der Waals surface area contributed by atoms with Gasteiger partial charge in [-0.3, -0.25) is 0 Å². The van der Waals surface area contributed by atoms with Gasteiger partial charge >= 0.3 is 0 Å². The summed E-state index contributed by atoms with van der Waals surface area (Å²) < 4.78 is 13.8. The molecule has 1 N–H and O–H groups in total. The van der Waals surface area contributed by atoms with Crippen molar-refractivity contribution in [1.82, 2.24) is 5.32 Å². The van der Waals surface area contributed by atoms with Crippen molar-refractivity contribution in [2.24, 2.45) is 0 Å². The average Bonchev–Trinajstić information content (AvgIpc) is 2.71. The summed E-state index contributed by atoms with van der Waals surface area (Å²) in [4.78, 5) is 1.33. The van der Waals surface area contributed by atoms with Crippen LogP contribution in [0.1, 0.15) is 16.0 Å². The van der Waals surface area contributed by atoms with Crippen LogP contribution in [0.2, 0.25) is 0 Å². The van der Waals surface area contributed by atoms with Gasteiger partial charge in [-0.2, -0.15) is 0 Å². The van der Waals surface area contributed by atoms with E-state index in [-0.39, 0.29) is 5.82 Å². The molecule has 0 spiro atoms. The Morgan fingerprint density at radius 1 is 1.29 bits per heavy atom. The maximum Gasteiger partial charge on any atom is 0.137 e. The Balaban J connectivity index is 1.95. The zero-order chi connectivity index (χ0) is 12.3. The SMILES string of the molecule is Cc1ccsc1CNCc1cccc(F)c1Br. The summed E-state index contributed by atoms with van der Waals surface area (Å²) in [6.07, 6.45) is 0. The highest BCUT2D eigenvalue weighted by molar-refractivity contribution is 9.10. The minimum Gasteiger partial charge on any atom is -0.308 e. The third-order valence-corrected chi connectivity index (χ3v) is 4.51. The molecular formula is C13H13BrFNS. The van der Waals surface area contributed by atoms with Crippen molar-refractivity contribution in [1.29, 1.82) is 0 Å². The van der Waals surface area contributed by atoms with E-state index in [0.717, 1.165) is 12.1 Å². The topological polar surface area (TPSA) is 12.0 Å². The number of hydrogen-bond acceptors (Lipinski definition) is 2. The first-order valence-corrected chi connectivity index (χ1v) is 7.02. The molecular weight excluding hydrogens is 301 g/mol. The molecule has 0 fully saturated rings. The molecule has 0 atom stereocenters. The smallest absolute Gasteiger partial charge is 0.137 e. The molecule has 0 saturated heterocycles. The Morgan fingerprint density at radius 3 is 2.82 bits per heavy atom. The van der Waals surface area contributed by atoms with E-state index in [1.54, 1.807) is 17.4 Å². The van der Waals surface area contributed by atoms with Crippen LogP contribution in [0.3, 0.4) is 0 Å². The Hall–Kier alpha value is -0.710. The number of aryl methyl sites for hydroxylation is 1. The van der Waals surface area contributed by atoms with Crippen molar-refractivity contribution in [2.75, 3.05) is 0 Å². The van der Waals surface area contributed by atoms with Gasteiger partial charge in [-0.15, -0.1) is 11.3 Å². The summed E-state index contributed by atoms with van der Waals surface area (Å²) in [6, 6.07) is 7.21. The number of nitrogens with one attached hydrogen (secondary N) is 1. The largest absolute Gasteiger partial charge is 0.308 e. The minimum atomic E-state index is -0.211. The number of thiophene rings is 1. The Morgan fingerprint density at radius 2 is 2.12 bits per heavy atom. The zero-order valence-electron chi connectivity index (χ0n) is 9.47. The predicted molar refractivity (Wildman–Crippen MR) is 73.7 cm³/mol. The van der Waals surface area contributed by atoms with E-state index >= 15 is 0 Å². The Kier molecular flexibility index (Phi) is 4.31. The van der Waals surface area contributed by atoms with E-state index in [9.17, 15) is 4.39 Å². The monoisotopic (exact) mass is 313 g/mol. The Bertz CT molecular complexity index is 510. The molecule has 1 heterocycles. The molecule has 0 saturated carbocycles. The molecule has 0 aliphatic heterocycles. The molecule has 4 heteroatoms. The molecule has 0 bridgehead atoms. The fraction of sp³-hybridized carbons (Fsp3) is 0.231. The summed E-state index contributed by atoms with van der Waals surface area (Å²) in [7, 11) is 0. The van der Waals surface area contributed by atoms with Crippen molar-refractivity contribution in [3.63, 3.8) is 0 Å². The van der Waals surface area contributed by atoms with Crippen LogP contribution in [0.4, 0.5) is 4.39 Å². The summed E-state index contributed by atoms with van der Waals surface area (Å²) in [5.74, 6) is -0.211. The third kappa shape index (κ3) is 3.15. The van der Waals surface area contributed by atoms with Crippen molar-refractivity contribution in [3.05, 3.63) is 55.9 Å². The number of halogens is 2. The molecule has 1 aromatic carbocycles. The standard InChI is InChI=1S/C13H13BrFNS/c1-9-5-6-17-12(9)8-16-7-10-3-2-4-11(15)13(10)14/h2-6,16H,7-8H2,1H3. The van der Waals surface area contributed by atoms with E-state index in [1.807, 2.05) is 6.07 Å². The first-order chi connectivity index (χ1) is 8.18. The summed E-state index contributed by atoms with van der Waals surface area (Å²) in [5.41, 5.74) is 2.25. The van der Waals surface area contributed by atoms with E-state index in [0.29, 0.717) is 11.0 Å². The molecule has 0 radical (unpaired) electrons. The lowest BCUT2D eigenvalue weighted by Crippen LogP contribution is -2.13. The summed E-state index contributed by atoms with van der Waals surface area (Å²) in [5, 5.41) is 5.41. The number of rotatable bonds is 4. The van der Waals surface area contributed by atoms with E-state index in [2.05, 4.69) is 39.6 Å². The molecule has 2 aromatic rings. The van der Waals surface area contributed by atoms with Gasteiger partial charge in [0.15, 0.2) is 0 Å². The van der Waals surface area contributed by atoms with Crippen molar-refractivity contribution in [2.45, 2.75) is 20.0 Å². The summed E-state index contributed by atoms with van der Waals surface area (Å²) in [6.45, 7) is 3.59. The van der Waals surface area contributed by atoms with Crippen molar-refractivity contribution >= 4 is 27.3 Å². The third-order valence-electron chi connectivity index (χ3n) is 2.60. The van der Waals surface area contributed by atoms with Crippen LogP contribution in [0.15, 0.2) is 34.1 Å². The van der Waals surface area contributed by atoms with Gasteiger partial charge in [0.05, 0.1) is 4.47 Å². The molecule has 17 heavy (non-hydrogen) atoms. The minimum absolute atomic E-state index is 0.211. The number of hydrogen-bond donors (Lipinski definition) is 1.